The summed E-state index contributed by atoms with van der Waals surface area (Å²) in [5.74, 6) is -2.82. The summed E-state index contributed by atoms with van der Waals surface area (Å²) in [4.78, 5) is 47.9. The van der Waals surface area contributed by atoms with Gasteiger partial charge in [-0.3, -0.25) is 0 Å². The smallest absolute Gasteiger partial charge is 0.331 e. The van der Waals surface area contributed by atoms with E-state index < -0.39 is 30.0 Å². The summed E-state index contributed by atoms with van der Waals surface area (Å²) in [7, 11) is 0. The predicted octanol–water partition coefficient (Wildman–Crippen LogP) is 0.382. The molecular weight excluding hydrogens is 394 g/mol. The van der Waals surface area contributed by atoms with E-state index in [1.807, 2.05) is 13.8 Å². The Labute approximate surface area is 178 Å². The molecule has 0 aliphatic rings. The minimum absolute atomic E-state index is 0.193. The highest BCUT2D eigenvalue weighted by molar-refractivity contribution is 5.92. The van der Waals surface area contributed by atoms with Crippen LogP contribution in [0.4, 0.5) is 0 Å². The van der Waals surface area contributed by atoms with Crippen LogP contribution in [-0.2, 0) is 38.1 Å². The first-order valence-electron chi connectivity index (χ1n) is 10.1. The SMILES string of the molecule is CC[NH+](CC)CC(COC(=O)/C=C/C(=O)OC(C)C)OC(=O)/C=C/C(=O)OC(C)C. The van der Waals surface area contributed by atoms with Gasteiger partial charge < -0.3 is 23.8 Å². The number of likely N-dealkylation sites (N-methyl/N-ethyl adjacent to an activating group) is 1. The van der Waals surface area contributed by atoms with Crippen LogP contribution < -0.4 is 4.90 Å². The molecule has 9 heteroatoms. The van der Waals surface area contributed by atoms with Crippen LogP contribution >= 0.6 is 0 Å². The summed E-state index contributed by atoms with van der Waals surface area (Å²) < 4.78 is 20.2. The van der Waals surface area contributed by atoms with Crippen molar-refractivity contribution < 1.29 is 43.0 Å². The predicted molar refractivity (Wildman–Crippen MR) is 108 cm³/mol. The molecule has 170 valence electrons. The Bertz CT molecular complexity index is 620. The molecule has 9 nitrogen and oxygen atoms in total. The maximum atomic E-state index is 12.0. The monoisotopic (exact) mass is 428 g/mol. The van der Waals surface area contributed by atoms with Crippen LogP contribution in [0.3, 0.4) is 0 Å². The van der Waals surface area contributed by atoms with Crippen LogP contribution in [0.15, 0.2) is 24.3 Å². The van der Waals surface area contributed by atoms with Crippen molar-refractivity contribution in [2.45, 2.75) is 59.9 Å². The lowest BCUT2D eigenvalue weighted by atomic mass is 10.3. The van der Waals surface area contributed by atoms with Gasteiger partial charge in [0.25, 0.3) is 0 Å². The average molecular weight is 429 g/mol. The summed E-state index contributed by atoms with van der Waals surface area (Å²) in [6, 6.07) is 0. The third-order valence-electron chi connectivity index (χ3n) is 3.63. The fourth-order valence-electron chi connectivity index (χ4n) is 2.24. The van der Waals surface area contributed by atoms with E-state index in [1.165, 1.54) is 0 Å². The summed E-state index contributed by atoms with van der Waals surface area (Å²) in [5.41, 5.74) is 0. The van der Waals surface area contributed by atoms with Crippen molar-refractivity contribution >= 4 is 23.9 Å². The number of nitrogens with one attached hydrogen (secondary N) is 1. The molecule has 0 aromatic heterocycles. The zero-order valence-corrected chi connectivity index (χ0v) is 18.6. The average Bonchev–Trinajstić information content (AvgIpc) is 2.65. The quantitative estimate of drug-likeness (QED) is 0.255. The van der Waals surface area contributed by atoms with Crippen LogP contribution in [-0.4, -0.2) is 68.4 Å². The van der Waals surface area contributed by atoms with Crippen LogP contribution in [0.1, 0.15) is 41.5 Å². The van der Waals surface area contributed by atoms with Gasteiger partial charge >= 0.3 is 23.9 Å². The lowest BCUT2D eigenvalue weighted by molar-refractivity contribution is -0.899. The van der Waals surface area contributed by atoms with Crippen LogP contribution in [0, 0.1) is 0 Å². The van der Waals surface area contributed by atoms with Crippen molar-refractivity contribution in [1.29, 1.82) is 0 Å². The van der Waals surface area contributed by atoms with Crippen molar-refractivity contribution in [1.82, 2.24) is 0 Å². The summed E-state index contributed by atoms with van der Waals surface area (Å²) in [6.45, 7) is 12.5. The molecule has 0 amide bonds. The van der Waals surface area contributed by atoms with Crippen LogP contribution in [0.2, 0.25) is 0 Å². The molecule has 0 fully saturated rings. The Morgan fingerprint density at radius 1 is 0.700 bits per heavy atom. The number of carbonyl (C=O) groups is 4. The fourth-order valence-corrected chi connectivity index (χ4v) is 2.24. The molecule has 0 radical (unpaired) electrons. The second kappa shape index (κ2) is 15.2. The molecule has 1 unspecified atom stereocenters. The normalized spacial score (nSPS) is 12.6. The van der Waals surface area contributed by atoms with Gasteiger partial charge in [0.2, 0.25) is 0 Å². The topological polar surface area (TPSA) is 110 Å². The van der Waals surface area contributed by atoms with E-state index in [1.54, 1.807) is 27.7 Å². The van der Waals surface area contributed by atoms with Crippen molar-refractivity contribution in [3.8, 4) is 0 Å². The molecule has 0 spiro atoms. The number of ether oxygens (including phenoxy) is 4. The minimum atomic E-state index is -0.762. The number of rotatable bonds is 13. The van der Waals surface area contributed by atoms with Crippen molar-refractivity contribution in [3.63, 3.8) is 0 Å². The molecule has 0 rings (SSSR count). The second-order valence-electron chi connectivity index (χ2n) is 6.99. The summed E-state index contributed by atoms with van der Waals surface area (Å²) in [6.07, 6.45) is 2.56. The van der Waals surface area contributed by atoms with Crippen molar-refractivity contribution in [2.75, 3.05) is 26.2 Å². The van der Waals surface area contributed by atoms with E-state index in [9.17, 15) is 19.2 Å². The number of hydrogen-bond acceptors (Lipinski definition) is 8. The standard InChI is InChI=1S/C21H33NO8/c1-7-22(8-2)13-17(30-21(26)12-11-20(25)29-16(5)6)14-27-18(23)9-10-19(24)28-15(3)4/h9-12,15-17H,7-8,13-14H2,1-6H3/p+1/b10-9+,12-11+. The Morgan fingerprint density at radius 2 is 1.10 bits per heavy atom. The Morgan fingerprint density at radius 3 is 1.50 bits per heavy atom. The highest BCUT2D eigenvalue weighted by Gasteiger charge is 2.21. The van der Waals surface area contributed by atoms with Crippen LogP contribution in [0.25, 0.3) is 0 Å². The minimum Gasteiger partial charge on any atom is -0.460 e. The van der Waals surface area contributed by atoms with Gasteiger partial charge in [-0.15, -0.1) is 0 Å². The van der Waals surface area contributed by atoms with Gasteiger partial charge in [0.1, 0.15) is 13.2 Å². The molecule has 0 bridgehead atoms. The lowest BCUT2D eigenvalue weighted by Crippen LogP contribution is -3.12. The number of quaternary nitrogens is 1. The van der Waals surface area contributed by atoms with E-state index in [0.717, 1.165) is 42.3 Å². The summed E-state index contributed by atoms with van der Waals surface area (Å²) >= 11 is 0. The molecule has 0 aliphatic heterocycles. The van der Waals surface area contributed by atoms with Gasteiger partial charge in [0, 0.05) is 24.3 Å². The van der Waals surface area contributed by atoms with Gasteiger partial charge in [-0.05, 0) is 41.5 Å². The lowest BCUT2D eigenvalue weighted by Gasteiger charge is -2.22. The van der Waals surface area contributed by atoms with Crippen LogP contribution in [0.5, 0.6) is 0 Å². The molecule has 0 aromatic carbocycles. The van der Waals surface area contributed by atoms with E-state index in [0.29, 0.717) is 6.54 Å². The molecule has 0 heterocycles. The first kappa shape index (κ1) is 27.3. The molecule has 0 saturated heterocycles. The van der Waals surface area contributed by atoms with E-state index >= 15 is 0 Å². The third-order valence-corrected chi connectivity index (χ3v) is 3.63. The number of esters is 4. The zero-order chi connectivity index (χ0) is 23.1. The van der Waals surface area contributed by atoms with Gasteiger partial charge in [0.05, 0.1) is 25.3 Å². The number of carbonyl (C=O) groups excluding carboxylic acids is 4. The van der Waals surface area contributed by atoms with E-state index in [2.05, 4.69) is 0 Å². The van der Waals surface area contributed by atoms with E-state index in [4.69, 9.17) is 18.9 Å². The first-order chi connectivity index (χ1) is 14.1. The largest absolute Gasteiger partial charge is 0.460 e. The zero-order valence-electron chi connectivity index (χ0n) is 18.6. The van der Waals surface area contributed by atoms with Gasteiger partial charge in [0.15, 0.2) is 6.10 Å². The second-order valence-corrected chi connectivity index (χ2v) is 6.99. The summed E-state index contributed by atoms with van der Waals surface area (Å²) in [5, 5.41) is 0. The Balaban J connectivity index is 4.85. The molecule has 0 aromatic rings. The fraction of sp³-hybridized carbons (Fsp3) is 0.619. The van der Waals surface area contributed by atoms with E-state index in [-0.39, 0.29) is 18.8 Å². The van der Waals surface area contributed by atoms with Crippen molar-refractivity contribution in [3.05, 3.63) is 24.3 Å². The highest BCUT2D eigenvalue weighted by Crippen LogP contribution is 1.98. The molecule has 1 N–H and O–H groups in total. The number of hydrogen-bond donors (Lipinski definition) is 1. The maximum absolute atomic E-state index is 12.0. The van der Waals surface area contributed by atoms with Gasteiger partial charge in [-0.2, -0.15) is 0 Å². The molecular formula is C21H34NO8+. The first-order valence-corrected chi connectivity index (χ1v) is 10.1. The van der Waals surface area contributed by atoms with Crippen molar-refractivity contribution in [2.24, 2.45) is 0 Å². The molecule has 1 atom stereocenters. The Kier molecular flexibility index (Phi) is 13.8. The molecule has 30 heavy (non-hydrogen) atoms. The molecule has 0 saturated carbocycles. The van der Waals surface area contributed by atoms with Gasteiger partial charge in [-0.25, -0.2) is 19.2 Å². The molecule has 0 aliphatic carbocycles. The Hall–Kier alpha value is -2.68. The highest BCUT2D eigenvalue weighted by atomic mass is 16.6. The van der Waals surface area contributed by atoms with Gasteiger partial charge in [-0.1, -0.05) is 0 Å². The maximum Gasteiger partial charge on any atom is 0.331 e. The third kappa shape index (κ3) is 14.3.